The average molecular weight is 279 g/mol. The Kier molecular flexibility index (Phi) is 3.73. The molecule has 0 spiro atoms. The standard InChI is InChI=1S/C14H15ClN2S/c1-8-9(2)18-14(17-3)12(8)13(16)10-4-6-11(15)7-5-10/h4-7,16-17H,1-3H3. The summed E-state index contributed by atoms with van der Waals surface area (Å²) >= 11 is 7.56. The zero-order valence-corrected chi connectivity index (χ0v) is 12.2. The van der Waals surface area contributed by atoms with Gasteiger partial charge >= 0.3 is 0 Å². The number of benzene rings is 1. The molecule has 1 aromatic heterocycles. The number of rotatable bonds is 3. The van der Waals surface area contributed by atoms with Gasteiger partial charge in [0.2, 0.25) is 0 Å². The van der Waals surface area contributed by atoms with Crippen molar-refractivity contribution in [1.82, 2.24) is 0 Å². The van der Waals surface area contributed by atoms with Crippen molar-refractivity contribution in [2.45, 2.75) is 13.8 Å². The van der Waals surface area contributed by atoms with Crippen molar-refractivity contribution >= 4 is 33.7 Å². The first-order chi connectivity index (χ1) is 8.54. The van der Waals surface area contributed by atoms with E-state index in [4.69, 9.17) is 17.0 Å². The van der Waals surface area contributed by atoms with Crippen LogP contribution < -0.4 is 5.32 Å². The van der Waals surface area contributed by atoms with Crippen LogP contribution in [0.5, 0.6) is 0 Å². The lowest BCUT2D eigenvalue weighted by atomic mass is 10.0. The molecule has 0 aliphatic heterocycles. The molecular formula is C14H15ClN2S. The minimum absolute atomic E-state index is 0.540. The van der Waals surface area contributed by atoms with Crippen molar-refractivity contribution in [2.24, 2.45) is 0 Å². The first-order valence-corrected chi connectivity index (χ1v) is 6.86. The third-order valence-electron chi connectivity index (χ3n) is 3.00. The Labute approximate surface area is 116 Å². The highest BCUT2D eigenvalue weighted by Crippen LogP contribution is 2.33. The molecule has 1 aromatic carbocycles. The van der Waals surface area contributed by atoms with Gasteiger partial charge in [0.25, 0.3) is 0 Å². The van der Waals surface area contributed by atoms with Gasteiger partial charge in [0.15, 0.2) is 0 Å². The Morgan fingerprint density at radius 3 is 2.39 bits per heavy atom. The van der Waals surface area contributed by atoms with Gasteiger partial charge in [0.05, 0.1) is 10.7 Å². The van der Waals surface area contributed by atoms with E-state index in [1.807, 2.05) is 31.3 Å². The Hall–Kier alpha value is -1.32. The summed E-state index contributed by atoms with van der Waals surface area (Å²) < 4.78 is 0. The Morgan fingerprint density at radius 1 is 1.22 bits per heavy atom. The van der Waals surface area contributed by atoms with E-state index in [9.17, 15) is 0 Å². The second-order valence-corrected chi connectivity index (χ2v) is 5.78. The van der Waals surface area contributed by atoms with Crippen LogP contribution in [0.25, 0.3) is 0 Å². The topological polar surface area (TPSA) is 35.9 Å². The van der Waals surface area contributed by atoms with E-state index in [2.05, 4.69) is 19.2 Å². The molecular weight excluding hydrogens is 264 g/mol. The van der Waals surface area contributed by atoms with Crippen LogP contribution in [0, 0.1) is 19.3 Å². The van der Waals surface area contributed by atoms with E-state index in [0.29, 0.717) is 10.7 Å². The lowest BCUT2D eigenvalue weighted by Gasteiger charge is -2.07. The van der Waals surface area contributed by atoms with Gasteiger partial charge in [-0.05, 0) is 31.5 Å². The van der Waals surface area contributed by atoms with Crippen LogP contribution in [0.4, 0.5) is 5.00 Å². The maximum Gasteiger partial charge on any atom is 0.0981 e. The van der Waals surface area contributed by atoms with Crippen molar-refractivity contribution in [3.8, 4) is 0 Å². The maximum absolute atomic E-state index is 8.36. The summed E-state index contributed by atoms with van der Waals surface area (Å²) in [7, 11) is 1.89. The highest BCUT2D eigenvalue weighted by molar-refractivity contribution is 7.16. The van der Waals surface area contributed by atoms with E-state index in [0.717, 1.165) is 16.1 Å². The lowest BCUT2D eigenvalue weighted by molar-refractivity contribution is 1.38. The van der Waals surface area contributed by atoms with Gasteiger partial charge in [-0.15, -0.1) is 11.3 Å². The van der Waals surface area contributed by atoms with Crippen molar-refractivity contribution in [3.63, 3.8) is 0 Å². The Bertz CT molecular complexity index is 585. The number of halogens is 1. The smallest absolute Gasteiger partial charge is 0.0981 e. The number of aryl methyl sites for hydroxylation is 1. The van der Waals surface area contributed by atoms with Gasteiger partial charge < -0.3 is 5.32 Å². The fourth-order valence-corrected chi connectivity index (χ4v) is 3.01. The molecule has 4 heteroatoms. The minimum atomic E-state index is 0.540. The Balaban J connectivity index is 2.48. The van der Waals surface area contributed by atoms with Crippen LogP contribution >= 0.6 is 22.9 Å². The molecule has 0 unspecified atom stereocenters. The molecule has 2 nitrogen and oxygen atoms in total. The second-order valence-electron chi connectivity index (χ2n) is 4.12. The van der Waals surface area contributed by atoms with E-state index in [1.54, 1.807) is 11.3 Å². The average Bonchev–Trinajstić information content (AvgIpc) is 2.65. The van der Waals surface area contributed by atoms with E-state index in [-0.39, 0.29) is 0 Å². The van der Waals surface area contributed by atoms with Crippen molar-refractivity contribution < 1.29 is 0 Å². The third-order valence-corrected chi connectivity index (χ3v) is 4.47. The number of hydrogen-bond donors (Lipinski definition) is 2. The van der Waals surface area contributed by atoms with Crippen LogP contribution in [0.3, 0.4) is 0 Å². The molecule has 0 bridgehead atoms. The molecule has 18 heavy (non-hydrogen) atoms. The second kappa shape index (κ2) is 5.12. The molecule has 0 aliphatic carbocycles. The summed E-state index contributed by atoms with van der Waals surface area (Å²) in [5, 5.41) is 13.3. The van der Waals surface area contributed by atoms with Crippen molar-refractivity contribution in [1.29, 1.82) is 5.41 Å². The van der Waals surface area contributed by atoms with Crippen LogP contribution in [-0.2, 0) is 0 Å². The predicted octanol–water partition coefficient (Wildman–Crippen LogP) is 4.48. The zero-order chi connectivity index (χ0) is 13.3. The molecule has 0 atom stereocenters. The van der Waals surface area contributed by atoms with Crippen molar-refractivity contribution in [3.05, 3.63) is 50.9 Å². The molecule has 94 valence electrons. The van der Waals surface area contributed by atoms with Gasteiger partial charge in [-0.3, -0.25) is 5.41 Å². The molecule has 0 saturated heterocycles. The zero-order valence-electron chi connectivity index (χ0n) is 10.6. The van der Waals surface area contributed by atoms with Crippen molar-refractivity contribution in [2.75, 3.05) is 12.4 Å². The number of thiophene rings is 1. The third kappa shape index (κ3) is 2.28. The normalized spacial score (nSPS) is 10.4. The summed E-state index contributed by atoms with van der Waals surface area (Å²) in [4.78, 5) is 1.24. The fraction of sp³-hybridized carbons (Fsp3) is 0.214. The SMILES string of the molecule is CNc1sc(C)c(C)c1C(=N)c1ccc(Cl)cc1. The predicted molar refractivity (Wildman–Crippen MR) is 80.7 cm³/mol. The van der Waals surface area contributed by atoms with Gasteiger partial charge in [-0.25, -0.2) is 0 Å². The monoisotopic (exact) mass is 278 g/mol. The quantitative estimate of drug-likeness (QED) is 0.798. The molecule has 0 amide bonds. The molecule has 1 heterocycles. The van der Waals surface area contributed by atoms with E-state index >= 15 is 0 Å². The molecule has 0 radical (unpaired) electrons. The maximum atomic E-state index is 8.36. The summed E-state index contributed by atoms with van der Waals surface area (Å²) in [6, 6.07) is 7.41. The lowest BCUT2D eigenvalue weighted by Crippen LogP contribution is -2.04. The minimum Gasteiger partial charge on any atom is -0.379 e. The number of nitrogens with one attached hydrogen (secondary N) is 2. The molecule has 2 rings (SSSR count). The first-order valence-electron chi connectivity index (χ1n) is 5.67. The van der Waals surface area contributed by atoms with Gasteiger partial charge in [-0.2, -0.15) is 0 Å². The summed E-state index contributed by atoms with van der Waals surface area (Å²) in [5.74, 6) is 0. The van der Waals surface area contributed by atoms with Crippen LogP contribution in [0.2, 0.25) is 5.02 Å². The molecule has 0 aliphatic rings. The molecule has 2 aromatic rings. The number of anilines is 1. The molecule has 0 fully saturated rings. The first kappa shape index (κ1) is 13.1. The largest absolute Gasteiger partial charge is 0.379 e. The van der Waals surface area contributed by atoms with Gasteiger partial charge in [0.1, 0.15) is 0 Å². The molecule has 2 N–H and O–H groups in total. The Morgan fingerprint density at radius 2 is 1.83 bits per heavy atom. The summed E-state index contributed by atoms with van der Waals surface area (Å²) in [6.45, 7) is 4.14. The van der Waals surface area contributed by atoms with Crippen LogP contribution in [0.15, 0.2) is 24.3 Å². The number of hydrogen-bond acceptors (Lipinski definition) is 3. The highest BCUT2D eigenvalue weighted by Gasteiger charge is 2.16. The van der Waals surface area contributed by atoms with Gasteiger partial charge in [0, 0.05) is 28.1 Å². The highest BCUT2D eigenvalue weighted by atomic mass is 35.5. The van der Waals surface area contributed by atoms with E-state index < -0.39 is 0 Å². The molecule has 0 saturated carbocycles. The van der Waals surface area contributed by atoms with Crippen LogP contribution in [0.1, 0.15) is 21.6 Å². The fourth-order valence-electron chi connectivity index (χ4n) is 1.86. The summed E-state index contributed by atoms with van der Waals surface area (Å²) in [5.41, 5.74) is 3.58. The van der Waals surface area contributed by atoms with E-state index in [1.165, 1.54) is 10.4 Å². The van der Waals surface area contributed by atoms with Crippen LogP contribution in [-0.4, -0.2) is 12.8 Å². The summed E-state index contributed by atoms with van der Waals surface area (Å²) in [6.07, 6.45) is 0. The van der Waals surface area contributed by atoms with Gasteiger partial charge in [-0.1, -0.05) is 23.7 Å².